The van der Waals surface area contributed by atoms with Gasteiger partial charge >= 0.3 is 0 Å². The highest BCUT2D eigenvalue weighted by Crippen LogP contribution is 2.26. The topological polar surface area (TPSA) is 59.8 Å². The van der Waals surface area contributed by atoms with Crippen LogP contribution in [0.2, 0.25) is 0 Å². The fraction of sp³-hybridized carbons (Fsp3) is 0.107. The van der Waals surface area contributed by atoms with Crippen molar-refractivity contribution in [3.05, 3.63) is 126 Å². The Bertz CT molecular complexity index is 1400. The molecule has 2 heterocycles. The third-order valence-corrected chi connectivity index (χ3v) is 6.82. The molecular formula is C28H24N4OS. The van der Waals surface area contributed by atoms with Crippen LogP contribution in [0.5, 0.6) is 0 Å². The summed E-state index contributed by atoms with van der Waals surface area (Å²) in [6.45, 7) is 0. The molecule has 1 atom stereocenters. The first-order chi connectivity index (χ1) is 16.7. The minimum atomic E-state index is -0.370. The van der Waals surface area contributed by atoms with E-state index < -0.39 is 0 Å². The lowest BCUT2D eigenvalue weighted by molar-refractivity contribution is 0.0941. The number of amides is 1. The maximum atomic E-state index is 13.3. The van der Waals surface area contributed by atoms with Gasteiger partial charge in [0.05, 0.1) is 11.0 Å². The van der Waals surface area contributed by atoms with E-state index in [1.807, 2.05) is 103 Å². The first-order valence-corrected chi connectivity index (χ1v) is 12.1. The van der Waals surface area contributed by atoms with Crippen molar-refractivity contribution in [3.63, 3.8) is 0 Å². The number of aryl methyl sites for hydroxylation is 1. The highest BCUT2D eigenvalue weighted by atomic mass is 32.2. The van der Waals surface area contributed by atoms with Gasteiger partial charge in [-0.15, -0.1) is 11.8 Å². The van der Waals surface area contributed by atoms with E-state index in [0.717, 1.165) is 33.1 Å². The van der Waals surface area contributed by atoms with E-state index in [2.05, 4.69) is 16.4 Å². The normalized spacial score (nSPS) is 11.9. The number of para-hydroxylation sites is 2. The van der Waals surface area contributed by atoms with Crippen LogP contribution in [-0.4, -0.2) is 20.4 Å². The quantitative estimate of drug-likeness (QED) is 0.310. The molecule has 5 rings (SSSR count). The molecular weight excluding hydrogens is 440 g/mol. The van der Waals surface area contributed by atoms with Gasteiger partial charge < -0.3 is 9.88 Å². The summed E-state index contributed by atoms with van der Waals surface area (Å²) in [5, 5.41) is 3.21. The van der Waals surface area contributed by atoms with Crippen LogP contribution in [0.3, 0.4) is 0 Å². The average molecular weight is 465 g/mol. The molecule has 5 nitrogen and oxygen atoms in total. The number of benzene rings is 3. The Labute approximate surface area is 202 Å². The van der Waals surface area contributed by atoms with Crippen molar-refractivity contribution in [2.45, 2.75) is 16.7 Å². The maximum absolute atomic E-state index is 13.3. The fourth-order valence-electron chi connectivity index (χ4n) is 3.93. The lowest BCUT2D eigenvalue weighted by Gasteiger charge is -2.19. The number of hydrogen-bond donors (Lipinski definition) is 1. The zero-order valence-electron chi connectivity index (χ0n) is 18.8. The van der Waals surface area contributed by atoms with Gasteiger partial charge in [-0.25, -0.2) is 4.98 Å². The van der Waals surface area contributed by atoms with Crippen LogP contribution in [0.25, 0.3) is 11.0 Å². The highest BCUT2D eigenvalue weighted by Gasteiger charge is 2.23. The zero-order valence-corrected chi connectivity index (χ0v) is 19.6. The predicted molar refractivity (Wildman–Crippen MR) is 137 cm³/mol. The second-order valence-corrected chi connectivity index (χ2v) is 9.06. The van der Waals surface area contributed by atoms with E-state index in [-0.39, 0.29) is 11.9 Å². The van der Waals surface area contributed by atoms with Crippen LogP contribution in [-0.2, 0) is 12.8 Å². The van der Waals surface area contributed by atoms with Crippen molar-refractivity contribution in [1.82, 2.24) is 19.9 Å². The highest BCUT2D eigenvalue weighted by molar-refractivity contribution is 7.98. The van der Waals surface area contributed by atoms with Gasteiger partial charge in [0.25, 0.3) is 5.91 Å². The second kappa shape index (κ2) is 9.93. The van der Waals surface area contributed by atoms with Crippen LogP contribution < -0.4 is 5.32 Å². The summed E-state index contributed by atoms with van der Waals surface area (Å²) in [6.07, 6.45) is 3.65. The van der Waals surface area contributed by atoms with Gasteiger partial charge in [-0.2, -0.15) is 0 Å². The summed E-state index contributed by atoms with van der Waals surface area (Å²) in [5.41, 5.74) is 4.71. The average Bonchev–Trinajstić information content (AvgIpc) is 3.23. The number of thioether (sulfide) groups is 1. The largest absolute Gasteiger partial charge is 0.338 e. The van der Waals surface area contributed by atoms with E-state index in [9.17, 15) is 4.79 Å². The summed E-state index contributed by atoms with van der Waals surface area (Å²) in [5.74, 6) is 1.50. The number of aromatic nitrogens is 3. The fourth-order valence-corrected chi connectivity index (χ4v) is 4.76. The molecule has 3 aromatic carbocycles. The van der Waals surface area contributed by atoms with Crippen molar-refractivity contribution in [2.24, 2.45) is 7.05 Å². The zero-order chi connectivity index (χ0) is 23.3. The van der Waals surface area contributed by atoms with Gasteiger partial charge in [0, 0.05) is 35.7 Å². The van der Waals surface area contributed by atoms with Gasteiger partial charge in [-0.1, -0.05) is 48.5 Å². The molecule has 0 bridgehead atoms. The summed E-state index contributed by atoms with van der Waals surface area (Å²) in [4.78, 5) is 23.4. The van der Waals surface area contributed by atoms with Crippen molar-refractivity contribution >= 4 is 28.7 Å². The molecule has 2 aromatic heterocycles. The van der Waals surface area contributed by atoms with Crippen molar-refractivity contribution < 1.29 is 4.79 Å². The van der Waals surface area contributed by atoms with Crippen molar-refractivity contribution in [2.75, 3.05) is 0 Å². The third kappa shape index (κ3) is 4.72. The smallest absolute Gasteiger partial charge is 0.252 e. The van der Waals surface area contributed by atoms with Gasteiger partial charge in [-0.3, -0.25) is 9.78 Å². The molecule has 5 aromatic rings. The summed E-state index contributed by atoms with van der Waals surface area (Å²) in [6, 6.07) is 29.3. The van der Waals surface area contributed by atoms with Crippen LogP contribution in [0.4, 0.5) is 0 Å². The van der Waals surface area contributed by atoms with Crippen molar-refractivity contribution in [3.8, 4) is 0 Å². The first-order valence-electron chi connectivity index (χ1n) is 11.1. The minimum Gasteiger partial charge on any atom is -0.338 e. The van der Waals surface area contributed by atoms with Crippen LogP contribution in [0.15, 0.2) is 108 Å². The molecule has 0 aliphatic rings. The Morgan fingerprint density at radius 1 is 0.941 bits per heavy atom. The molecule has 0 fully saturated rings. The Balaban J connectivity index is 1.37. The van der Waals surface area contributed by atoms with E-state index in [4.69, 9.17) is 4.98 Å². The number of pyridine rings is 1. The standard InChI is InChI=1S/C28H24N4OS/c1-32-25-12-6-5-11-24(25)30-27(32)26(21-9-3-2-4-10-21)31-28(33)22-13-15-23(16-14-22)34-19-20-8-7-17-29-18-20/h2-18,26H,19H2,1H3,(H,31,33). The van der Waals surface area contributed by atoms with Gasteiger partial charge in [0.2, 0.25) is 0 Å². The van der Waals surface area contributed by atoms with Gasteiger partial charge in [0.1, 0.15) is 11.9 Å². The summed E-state index contributed by atoms with van der Waals surface area (Å²) < 4.78 is 2.05. The van der Waals surface area contributed by atoms with Crippen LogP contribution in [0, 0.1) is 0 Å². The second-order valence-electron chi connectivity index (χ2n) is 8.01. The number of nitrogens with zero attached hydrogens (tertiary/aromatic N) is 3. The molecule has 1 amide bonds. The molecule has 0 saturated carbocycles. The van der Waals surface area contributed by atoms with E-state index in [1.54, 1.807) is 18.0 Å². The molecule has 0 radical (unpaired) electrons. The number of imidazole rings is 1. The lowest BCUT2D eigenvalue weighted by Crippen LogP contribution is -2.31. The Kier molecular flexibility index (Phi) is 6.40. The number of rotatable bonds is 7. The lowest BCUT2D eigenvalue weighted by atomic mass is 10.1. The number of carbonyl (C=O) groups is 1. The van der Waals surface area contributed by atoms with E-state index in [1.165, 1.54) is 5.56 Å². The molecule has 0 spiro atoms. The monoisotopic (exact) mass is 464 g/mol. The Hall–Kier alpha value is -3.90. The molecule has 0 saturated heterocycles. The molecule has 1 unspecified atom stereocenters. The van der Waals surface area contributed by atoms with Gasteiger partial charge in [-0.05, 0) is 53.6 Å². The van der Waals surface area contributed by atoms with E-state index in [0.29, 0.717) is 5.56 Å². The van der Waals surface area contributed by atoms with Crippen LogP contribution >= 0.6 is 11.8 Å². The minimum absolute atomic E-state index is 0.135. The maximum Gasteiger partial charge on any atom is 0.252 e. The summed E-state index contributed by atoms with van der Waals surface area (Å²) in [7, 11) is 1.99. The van der Waals surface area contributed by atoms with Crippen molar-refractivity contribution in [1.29, 1.82) is 0 Å². The number of fused-ring (bicyclic) bond motifs is 1. The number of nitrogens with one attached hydrogen (secondary N) is 1. The van der Waals surface area contributed by atoms with E-state index >= 15 is 0 Å². The molecule has 6 heteroatoms. The first kappa shape index (κ1) is 21.9. The summed E-state index contributed by atoms with van der Waals surface area (Å²) >= 11 is 1.72. The number of hydrogen-bond acceptors (Lipinski definition) is 4. The predicted octanol–water partition coefficient (Wildman–Crippen LogP) is 5.78. The molecule has 34 heavy (non-hydrogen) atoms. The Morgan fingerprint density at radius 3 is 2.44 bits per heavy atom. The number of carbonyl (C=O) groups excluding carboxylic acids is 1. The molecule has 1 N–H and O–H groups in total. The SMILES string of the molecule is Cn1c(C(NC(=O)c2ccc(SCc3cccnc3)cc2)c2ccccc2)nc2ccccc21. The van der Waals surface area contributed by atoms with Crippen LogP contribution in [0.1, 0.15) is 33.4 Å². The Morgan fingerprint density at radius 2 is 1.71 bits per heavy atom. The molecule has 0 aliphatic heterocycles. The third-order valence-electron chi connectivity index (χ3n) is 5.73. The molecule has 0 aliphatic carbocycles. The van der Waals surface area contributed by atoms with Gasteiger partial charge in [0.15, 0.2) is 0 Å². The molecule has 168 valence electrons.